The first-order chi connectivity index (χ1) is 15.4. The highest BCUT2D eigenvalue weighted by Crippen LogP contribution is 2.67. The number of hydrogen-bond acceptors (Lipinski definition) is 4. The van der Waals surface area contributed by atoms with E-state index in [9.17, 15) is 26.7 Å². The number of rotatable bonds is 3. The normalized spacial score (nSPS) is 25.5. The van der Waals surface area contributed by atoms with Crippen molar-refractivity contribution in [3.05, 3.63) is 68.7 Å². The fourth-order valence-corrected chi connectivity index (χ4v) is 6.47. The number of halogens is 6. The van der Waals surface area contributed by atoms with Crippen LogP contribution in [0, 0.1) is 17.6 Å². The molecule has 1 aliphatic rings. The third-order valence-corrected chi connectivity index (χ3v) is 8.52. The summed E-state index contributed by atoms with van der Waals surface area (Å²) in [6.07, 6.45) is -3.25. The first-order valence-electron chi connectivity index (χ1n) is 9.84. The van der Waals surface area contributed by atoms with E-state index >= 15 is 0 Å². The Balaban J connectivity index is 1.97. The summed E-state index contributed by atoms with van der Waals surface area (Å²) in [6.45, 7) is 2.48. The van der Waals surface area contributed by atoms with Gasteiger partial charge in [-0.2, -0.15) is 17.6 Å². The first-order valence-corrected chi connectivity index (χ1v) is 11.1. The molecule has 0 aliphatic carbocycles. The number of ether oxygens (including phenoxy) is 1. The number of nitrogens with one attached hydrogen (secondary N) is 1. The van der Waals surface area contributed by atoms with Crippen LogP contribution < -0.4 is 10.2 Å². The second kappa shape index (κ2) is 8.16. The van der Waals surface area contributed by atoms with Gasteiger partial charge >= 0.3 is 6.18 Å². The molecule has 4 rings (SSSR count). The van der Waals surface area contributed by atoms with Gasteiger partial charge in [0.15, 0.2) is 17.0 Å². The van der Waals surface area contributed by atoms with Crippen LogP contribution in [-0.4, -0.2) is 28.0 Å². The molecule has 0 spiro atoms. The molecule has 4 nitrogen and oxygen atoms in total. The number of nitrogens with zero attached hydrogens (tertiary/aromatic N) is 1. The highest BCUT2D eigenvalue weighted by molar-refractivity contribution is 8.01. The molecule has 4 atom stereocenters. The molecule has 2 aromatic heterocycles. The number of H-pyrrole nitrogens is 1. The Hall–Kier alpha value is -2.33. The predicted octanol–water partition coefficient (Wildman–Crippen LogP) is 6.39. The Morgan fingerprint density at radius 1 is 1.24 bits per heavy atom. The fourth-order valence-electron chi connectivity index (χ4n) is 4.41. The monoisotopic (exact) mass is 504 g/mol. The number of benzene rings is 1. The maximum absolute atomic E-state index is 14.5. The molecule has 1 aliphatic heterocycles. The number of methoxy groups -OCH3 is 1. The van der Waals surface area contributed by atoms with Crippen molar-refractivity contribution < 1.29 is 26.7 Å². The summed E-state index contributed by atoms with van der Waals surface area (Å²) in [6, 6.07) is 4.76. The molecule has 0 radical (unpaired) electrons. The van der Waals surface area contributed by atoms with Crippen LogP contribution in [0.4, 0.5) is 22.0 Å². The van der Waals surface area contributed by atoms with E-state index in [-0.39, 0.29) is 21.8 Å². The lowest BCUT2D eigenvalue weighted by molar-refractivity contribution is -0.165. The zero-order valence-electron chi connectivity index (χ0n) is 17.6. The van der Waals surface area contributed by atoms with Crippen LogP contribution in [0.3, 0.4) is 0 Å². The molecule has 0 amide bonds. The Kier molecular flexibility index (Phi) is 5.89. The van der Waals surface area contributed by atoms with Gasteiger partial charge in [0.2, 0.25) is 5.82 Å². The molecule has 1 fully saturated rings. The number of alkyl halides is 3. The average molecular weight is 505 g/mol. The van der Waals surface area contributed by atoms with Gasteiger partial charge in [0.1, 0.15) is 9.90 Å². The van der Waals surface area contributed by atoms with Gasteiger partial charge in [-0.05, 0) is 25.0 Å². The smallest absolute Gasteiger partial charge is 0.403 e. The van der Waals surface area contributed by atoms with E-state index in [4.69, 9.17) is 16.3 Å². The lowest BCUT2D eigenvalue weighted by Gasteiger charge is -2.32. The molecule has 3 aromatic rings. The number of fused-ring (bicyclic) bond motifs is 1. The van der Waals surface area contributed by atoms with Crippen molar-refractivity contribution in [2.75, 3.05) is 7.11 Å². The van der Waals surface area contributed by atoms with Crippen molar-refractivity contribution in [2.45, 2.75) is 35.9 Å². The molecular weight excluding hydrogens is 487 g/mol. The number of aromatic nitrogens is 2. The van der Waals surface area contributed by atoms with Crippen LogP contribution in [0.2, 0.25) is 5.15 Å². The van der Waals surface area contributed by atoms with Crippen molar-refractivity contribution in [3.63, 3.8) is 0 Å². The van der Waals surface area contributed by atoms with Crippen molar-refractivity contribution in [1.29, 1.82) is 0 Å². The molecule has 176 valence electrons. The summed E-state index contributed by atoms with van der Waals surface area (Å²) in [7, 11) is 1.12. The summed E-state index contributed by atoms with van der Waals surface area (Å²) in [4.78, 5) is 19.6. The predicted molar refractivity (Wildman–Crippen MR) is 117 cm³/mol. The van der Waals surface area contributed by atoms with Gasteiger partial charge < -0.3 is 9.72 Å². The number of thioether (sulfide) groups is 1. The zero-order chi connectivity index (χ0) is 24.3. The van der Waals surface area contributed by atoms with Crippen molar-refractivity contribution >= 4 is 34.3 Å². The van der Waals surface area contributed by atoms with Gasteiger partial charge in [-0.25, -0.2) is 9.37 Å². The lowest BCUT2D eigenvalue weighted by atomic mass is 9.76. The number of pyridine rings is 2. The van der Waals surface area contributed by atoms with E-state index in [0.717, 1.165) is 20.1 Å². The third kappa shape index (κ3) is 3.67. The topological polar surface area (TPSA) is 55.0 Å². The van der Waals surface area contributed by atoms with Gasteiger partial charge in [0, 0.05) is 29.4 Å². The minimum absolute atomic E-state index is 0.0355. The van der Waals surface area contributed by atoms with Gasteiger partial charge in [-0.3, -0.25) is 4.79 Å². The summed E-state index contributed by atoms with van der Waals surface area (Å²) in [5.41, 5.74) is 0.0866. The third-order valence-electron chi connectivity index (χ3n) is 6.34. The largest absolute Gasteiger partial charge is 0.493 e. The molecule has 1 saturated heterocycles. The Bertz CT molecular complexity index is 1300. The van der Waals surface area contributed by atoms with Crippen LogP contribution in [0.1, 0.15) is 36.3 Å². The summed E-state index contributed by atoms with van der Waals surface area (Å²) in [5, 5.41) is -0.874. The lowest BCUT2D eigenvalue weighted by Crippen LogP contribution is -2.42. The SMILES string of the molecule is COc1c([C@H]2[C@H](c3cc(=O)c4c(Cl)nccc4[nH]3)S[C@@](C)(C(F)(F)F)[C@H]2C)ccc(F)c1F. The molecule has 1 aromatic carbocycles. The van der Waals surface area contributed by atoms with Gasteiger partial charge in [0.25, 0.3) is 0 Å². The van der Waals surface area contributed by atoms with Gasteiger partial charge in [0.05, 0.1) is 23.3 Å². The van der Waals surface area contributed by atoms with E-state index in [0.29, 0.717) is 17.3 Å². The Morgan fingerprint density at radius 3 is 2.58 bits per heavy atom. The summed E-state index contributed by atoms with van der Waals surface area (Å²) < 4.78 is 73.8. The molecule has 0 bridgehead atoms. The zero-order valence-corrected chi connectivity index (χ0v) is 19.1. The molecule has 1 N–H and O–H groups in total. The van der Waals surface area contributed by atoms with Crippen LogP contribution in [-0.2, 0) is 0 Å². The Morgan fingerprint density at radius 2 is 1.94 bits per heavy atom. The molecule has 11 heteroatoms. The van der Waals surface area contributed by atoms with Crippen LogP contribution in [0.25, 0.3) is 10.9 Å². The molecule has 0 saturated carbocycles. The highest BCUT2D eigenvalue weighted by Gasteiger charge is 2.64. The van der Waals surface area contributed by atoms with Gasteiger partial charge in [-0.1, -0.05) is 24.6 Å². The first kappa shape index (κ1) is 23.8. The van der Waals surface area contributed by atoms with Crippen molar-refractivity contribution in [2.24, 2.45) is 5.92 Å². The van der Waals surface area contributed by atoms with Crippen LogP contribution in [0.15, 0.2) is 35.3 Å². The highest BCUT2D eigenvalue weighted by atomic mass is 35.5. The maximum Gasteiger partial charge on any atom is 0.403 e. The minimum atomic E-state index is -4.61. The molecular formula is C22H18ClF5N2O2S. The molecule has 3 heterocycles. The van der Waals surface area contributed by atoms with Crippen LogP contribution >= 0.6 is 23.4 Å². The van der Waals surface area contributed by atoms with E-state index < -0.39 is 50.8 Å². The average Bonchev–Trinajstić information content (AvgIpc) is 3.02. The maximum atomic E-state index is 14.5. The van der Waals surface area contributed by atoms with E-state index in [2.05, 4.69) is 9.97 Å². The summed E-state index contributed by atoms with van der Waals surface area (Å²) >= 11 is 6.64. The van der Waals surface area contributed by atoms with Crippen molar-refractivity contribution in [3.8, 4) is 5.75 Å². The second-order valence-electron chi connectivity index (χ2n) is 8.05. The quantitative estimate of drug-likeness (QED) is 0.331. The molecule has 33 heavy (non-hydrogen) atoms. The Labute approximate surface area is 194 Å². The number of aromatic amines is 1. The summed E-state index contributed by atoms with van der Waals surface area (Å²) in [5.74, 6) is -4.95. The van der Waals surface area contributed by atoms with Crippen LogP contribution in [0.5, 0.6) is 5.75 Å². The minimum Gasteiger partial charge on any atom is -0.493 e. The fraction of sp³-hybridized carbons (Fsp3) is 0.364. The van der Waals surface area contributed by atoms with E-state index in [1.165, 1.54) is 31.3 Å². The standard InChI is InChI=1S/C22H18ClF5N2O2S/c1-9-15(10-4-5-11(24)17(25)18(10)32-3)19(33-21(9,2)22(26,27)28)13-8-14(31)16-12(30-13)6-7-29-20(16)23/h4-9,15,19H,1-3H3,(H,30,31)/t9-,15-,19-,21+/m0/s1. The number of hydrogen-bond donors (Lipinski definition) is 1. The molecule has 0 unspecified atom stereocenters. The van der Waals surface area contributed by atoms with E-state index in [1.54, 1.807) is 0 Å². The van der Waals surface area contributed by atoms with Crippen molar-refractivity contribution in [1.82, 2.24) is 9.97 Å². The second-order valence-corrected chi connectivity index (χ2v) is 10.0. The van der Waals surface area contributed by atoms with E-state index in [1.807, 2.05) is 0 Å². The van der Waals surface area contributed by atoms with Gasteiger partial charge in [-0.15, -0.1) is 11.8 Å².